The molecule has 0 bridgehead atoms. The first kappa shape index (κ1) is 22.1. The lowest BCUT2D eigenvalue weighted by molar-refractivity contribution is -0.143. The van der Waals surface area contributed by atoms with E-state index in [1.807, 2.05) is 0 Å². The molecule has 5 heteroatoms. The summed E-state index contributed by atoms with van der Waals surface area (Å²) in [6, 6.07) is 8.42. The summed E-state index contributed by atoms with van der Waals surface area (Å²) in [6.07, 6.45) is 6.71. The van der Waals surface area contributed by atoms with Gasteiger partial charge in [0.2, 0.25) is 0 Å². The molecular weight excluding hydrogens is 357 g/mol. The molecule has 0 heterocycles. The van der Waals surface area contributed by atoms with Gasteiger partial charge >= 0.3 is 5.97 Å². The van der Waals surface area contributed by atoms with Crippen molar-refractivity contribution in [3.05, 3.63) is 29.8 Å². The summed E-state index contributed by atoms with van der Waals surface area (Å²) in [6.45, 7) is 4.31. The molecule has 0 radical (unpaired) electrons. The zero-order chi connectivity index (χ0) is 18.3. The molecule has 0 saturated carbocycles. The van der Waals surface area contributed by atoms with Gasteiger partial charge in [0, 0.05) is 37.0 Å². The van der Waals surface area contributed by atoms with Gasteiger partial charge in [-0.25, -0.2) is 0 Å². The van der Waals surface area contributed by atoms with Crippen LogP contribution in [0.5, 0.6) is 0 Å². The van der Waals surface area contributed by atoms with Crippen LogP contribution in [-0.2, 0) is 16.0 Å². The third kappa shape index (κ3) is 9.96. The van der Waals surface area contributed by atoms with E-state index in [0.717, 1.165) is 44.5 Å². The number of carbonyl (C=O) groups excluding carboxylic acids is 1. The fourth-order valence-corrected chi connectivity index (χ4v) is 3.08. The molecule has 142 valence electrons. The molecule has 25 heavy (non-hydrogen) atoms. The minimum atomic E-state index is -0.0801. The highest BCUT2D eigenvalue weighted by molar-refractivity contribution is 6.18. The Labute approximate surface area is 162 Å². The average Bonchev–Trinajstić information content (AvgIpc) is 2.62. The summed E-state index contributed by atoms with van der Waals surface area (Å²) in [4.78, 5) is 13.9. The summed E-state index contributed by atoms with van der Waals surface area (Å²) < 4.78 is 5.26. The van der Waals surface area contributed by atoms with E-state index in [9.17, 15) is 4.79 Å². The number of benzene rings is 1. The minimum Gasteiger partial charge on any atom is -0.466 e. The lowest BCUT2D eigenvalue weighted by Gasteiger charge is -2.23. The van der Waals surface area contributed by atoms with Gasteiger partial charge < -0.3 is 9.64 Å². The Morgan fingerprint density at radius 3 is 2.28 bits per heavy atom. The number of esters is 1. The molecule has 1 rings (SSSR count). The number of anilines is 1. The Balaban J connectivity index is 2.27. The van der Waals surface area contributed by atoms with Crippen molar-refractivity contribution in [2.75, 3.05) is 36.4 Å². The Morgan fingerprint density at radius 1 is 1.00 bits per heavy atom. The van der Waals surface area contributed by atoms with E-state index in [1.54, 1.807) is 0 Å². The van der Waals surface area contributed by atoms with Gasteiger partial charge in [0.05, 0.1) is 6.61 Å². The van der Waals surface area contributed by atoms with Gasteiger partial charge in [-0.2, -0.15) is 0 Å². The molecule has 0 fully saturated rings. The van der Waals surface area contributed by atoms with Gasteiger partial charge in [0.1, 0.15) is 0 Å². The maximum atomic E-state index is 11.7. The number of rotatable bonds is 14. The highest BCUT2D eigenvalue weighted by atomic mass is 35.5. The van der Waals surface area contributed by atoms with Crippen LogP contribution in [0.4, 0.5) is 5.69 Å². The number of unbranched alkanes of at least 4 members (excludes halogenated alkanes) is 3. The van der Waals surface area contributed by atoms with Gasteiger partial charge in [0.25, 0.3) is 0 Å². The van der Waals surface area contributed by atoms with Crippen molar-refractivity contribution in [3.63, 3.8) is 0 Å². The largest absolute Gasteiger partial charge is 0.466 e. The number of hydrogen-bond acceptors (Lipinski definition) is 3. The predicted octanol–water partition coefficient (Wildman–Crippen LogP) is 5.42. The summed E-state index contributed by atoms with van der Waals surface area (Å²) in [7, 11) is 0. The van der Waals surface area contributed by atoms with Crippen LogP contribution in [-0.4, -0.2) is 37.4 Å². The van der Waals surface area contributed by atoms with Crippen molar-refractivity contribution in [3.8, 4) is 0 Å². The first-order valence-electron chi connectivity index (χ1n) is 9.32. The molecule has 0 amide bonds. The number of alkyl halides is 2. The standard InChI is InChI=1S/C20H31Cl2NO2/c1-2-3-4-5-17-25-20(24)8-6-7-18-9-11-19(12-10-18)23(15-13-21)16-14-22/h9-12H,2-8,13-17H2,1H3. The number of nitrogens with zero attached hydrogens (tertiary/aromatic N) is 1. The van der Waals surface area contributed by atoms with Crippen LogP contribution in [0.15, 0.2) is 24.3 Å². The smallest absolute Gasteiger partial charge is 0.305 e. The maximum absolute atomic E-state index is 11.7. The molecule has 0 aliphatic heterocycles. The molecule has 0 atom stereocenters. The van der Waals surface area contributed by atoms with Gasteiger partial charge in [-0.1, -0.05) is 38.3 Å². The average molecular weight is 388 g/mol. The lowest BCUT2D eigenvalue weighted by atomic mass is 10.1. The van der Waals surface area contributed by atoms with Crippen molar-refractivity contribution in [2.45, 2.75) is 51.9 Å². The van der Waals surface area contributed by atoms with E-state index in [0.29, 0.717) is 24.8 Å². The predicted molar refractivity (Wildman–Crippen MR) is 108 cm³/mol. The van der Waals surface area contributed by atoms with E-state index >= 15 is 0 Å². The van der Waals surface area contributed by atoms with E-state index in [1.165, 1.54) is 18.4 Å². The summed E-state index contributed by atoms with van der Waals surface area (Å²) in [5, 5.41) is 0. The molecular formula is C20H31Cl2NO2. The van der Waals surface area contributed by atoms with Crippen LogP contribution in [0.3, 0.4) is 0 Å². The normalized spacial score (nSPS) is 10.7. The molecule has 3 nitrogen and oxygen atoms in total. The Kier molecular flexibility index (Phi) is 12.6. The van der Waals surface area contributed by atoms with Crippen molar-refractivity contribution >= 4 is 34.9 Å². The van der Waals surface area contributed by atoms with Crippen molar-refractivity contribution in [2.24, 2.45) is 0 Å². The van der Waals surface area contributed by atoms with Crippen molar-refractivity contribution in [1.82, 2.24) is 0 Å². The molecule has 0 aliphatic rings. The quantitative estimate of drug-likeness (QED) is 0.242. The Morgan fingerprint density at radius 2 is 1.68 bits per heavy atom. The fraction of sp³-hybridized carbons (Fsp3) is 0.650. The number of carbonyl (C=O) groups is 1. The molecule has 1 aromatic rings. The van der Waals surface area contributed by atoms with E-state index in [-0.39, 0.29) is 5.97 Å². The highest BCUT2D eigenvalue weighted by Gasteiger charge is 2.06. The van der Waals surface area contributed by atoms with Crippen LogP contribution in [0.2, 0.25) is 0 Å². The van der Waals surface area contributed by atoms with E-state index in [4.69, 9.17) is 27.9 Å². The van der Waals surface area contributed by atoms with Gasteiger partial charge in [0.15, 0.2) is 0 Å². The summed E-state index contributed by atoms with van der Waals surface area (Å²) >= 11 is 11.7. The van der Waals surface area contributed by atoms with Crippen LogP contribution in [0.25, 0.3) is 0 Å². The molecule has 0 saturated heterocycles. The molecule has 1 aromatic carbocycles. The summed E-state index contributed by atoms with van der Waals surface area (Å²) in [5.74, 6) is 1.08. The van der Waals surface area contributed by atoms with Gasteiger partial charge in [-0.05, 0) is 37.0 Å². The third-order valence-electron chi connectivity index (χ3n) is 4.12. The first-order chi connectivity index (χ1) is 12.2. The molecule has 0 unspecified atom stereocenters. The van der Waals surface area contributed by atoms with Crippen LogP contribution in [0, 0.1) is 0 Å². The zero-order valence-corrected chi connectivity index (χ0v) is 16.8. The Hall–Kier alpha value is -0.930. The monoisotopic (exact) mass is 387 g/mol. The molecule has 0 N–H and O–H groups in total. The highest BCUT2D eigenvalue weighted by Crippen LogP contribution is 2.17. The second kappa shape index (κ2) is 14.3. The SMILES string of the molecule is CCCCCCOC(=O)CCCc1ccc(N(CCCl)CCCl)cc1. The van der Waals surface area contributed by atoms with Crippen LogP contribution < -0.4 is 4.90 Å². The first-order valence-corrected chi connectivity index (χ1v) is 10.4. The zero-order valence-electron chi connectivity index (χ0n) is 15.3. The van der Waals surface area contributed by atoms with Crippen molar-refractivity contribution < 1.29 is 9.53 Å². The van der Waals surface area contributed by atoms with Gasteiger partial charge in [-0.3, -0.25) is 4.79 Å². The minimum absolute atomic E-state index is 0.0801. The number of ether oxygens (including phenoxy) is 1. The Bertz CT molecular complexity index is 459. The molecule has 0 aliphatic carbocycles. The van der Waals surface area contributed by atoms with Crippen molar-refractivity contribution in [1.29, 1.82) is 0 Å². The van der Waals surface area contributed by atoms with Gasteiger partial charge in [-0.15, -0.1) is 23.2 Å². The van der Waals surface area contributed by atoms with Crippen LogP contribution >= 0.6 is 23.2 Å². The number of aryl methyl sites for hydroxylation is 1. The number of halogens is 2. The maximum Gasteiger partial charge on any atom is 0.305 e. The van der Waals surface area contributed by atoms with E-state index < -0.39 is 0 Å². The molecule has 0 aromatic heterocycles. The summed E-state index contributed by atoms with van der Waals surface area (Å²) in [5.41, 5.74) is 2.37. The van der Waals surface area contributed by atoms with Crippen LogP contribution in [0.1, 0.15) is 51.0 Å². The second-order valence-electron chi connectivity index (χ2n) is 6.17. The second-order valence-corrected chi connectivity index (χ2v) is 6.92. The topological polar surface area (TPSA) is 29.5 Å². The molecule has 0 spiro atoms. The lowest BCUT2D eigenvalue weighted by Crippen LogP contribution is -2.27. The number of hydrogen-bond donors (Lipinski definition) is 0. The van der Waals surface area contributed by atoms with E-state index in [2.05, 4.69) is 36.1 Å². The third-order valence-corrected chi connectivity index (χ3v) is 4.46. The fourth-order valence-electron chi connectivity index (χ4n) is 2.67.